The molecule has 0 heterocycles. The summed E-state index contributed by atoms with van der Waals surface area (Å²) in [6.07, 6.45) is 0.445. The summed E-state index contributed by atoms with van der Waals surface area (Å²) in [5, 5.41) is 8.54. The van der Waals surface area contributed by atoms with Gasteiger partial charge < -0.3 is 5.11 Å². The zero-order valence-electron chi connectivity index (χ0n) is 11.8. The Labute approximate surface area is 127 Å². The number of benzene rings is 1. The minimum atomic E-state index is -4.21. The van der Waals surface area contributed by atoms with Crippen molar-refractivity contribution in [3.05, 3.63) is 24.0 Å². The summed E-state index contributed by atoms with van der Waals surface area (Å²) in [6.45, 7) is -0.319. The zero-order valence-corrected chi connectivity index (χ0v) is 13.4. The quantitative estimate of drug-likeness (QED) is 0.726. The first-order valence-corrected chi connectivity index (χ1v) is 9.22. The molecule has 1 aromatic rings. The first-order valence-electron chi connectivity index (χ1n) is 5.89. The molecule has 0 spiro atoms. The fourth-order valence-corrected chi connectivity index (χ4v) is 3.30. The number of hydrogen-bond acceptors (Lipinski definition) is 5. The molecule has 11 heteroatoms. The first kappa shape index (κ1) is 18.3. The molecule has 0 radical (unpaired) electrons. The second-order valence-electron chi connectivity index (χ2n) is 4.49. The molecule has 0 bridgehead atoms. The van der Waals surface area contributed by atoms with Crippen molar-refractivity contribution in [1.29, 1.82) is 0 Å². The van der Waals surface area contributed by atoms with Gasteiger partial charge in [0, 0.05) is 13.6 Å². The van der Waals surface area contributed by atoms with Crippen molar-refractivity contribution in [2.24, 2.45) is 0 Å². The summed E-state index contributed by atoms with van der Waals surface area (Å²) in [4.78, 5) is 9.78. The Bertz CT molecular complexity index is 776. The molecule has 0 aliphatic heterocycles. The van der Waals surface area contributed by atoms with Gasteiger partial charge in [-0.3, -0.25) is 9.52 Å². The van der Waals surface area contributed by atoms with Crippen molar-refractivity contribution in [2.45, 2.75) is 11.3 Å². The Balaban J connectivity index is 3.08. The fraction of sp³-hybridized carbons (Fsp3) is 0.364. The maximum atomic E-state index is 13.9. The molecule has 2 N–H and O–H groups in total. The van der Waals surface area contributed by atoms with Gasteiger partial charge in [-0.05, 0) is 18.2 Å². The average Bonchev–Trinajstić information content (AvgIpc) is 2.33. The Morgan fingerprint density at radius 3 is 2.36 bits per heavy atom. The predicted molar refractivity (Wildman–Crippen MR) is 76.9 cm³/mol. The molecule has 0 aromatic heterocycles. The molecule has 0 aliphatic rings. The Morgan fingerprint density at radius 1 is 1.32 bits per heavy atom. The van der Waals surface area contributed by atoms with Crippen LogP contribution in [-0.4, -0.2) is 52.1 Å². The van der Waals surface area contributed by atoms with Gasteiger partial charge >= 0.3 is 5.97 Å². The van der Waals surface area contributed by atoms with Crippen LogP contribution in [0.15, 0.2) is 23.1 Å². The lowest BCUT2D eigenvalue weighted by Crippen LogP contribution is -2.29. The van der Waals surface area contributed by atoms with Crippen LogP contribution < -0.4 is 4.72 Å². The van der Waals surface area contributed by atoms with Crippen molar-refractivity contribution in [3.63, 3.8) is 0 Å². The first-order chi connectivity index (χ1) is 9.93. The minimum Gasteiger partial charge on any atom is -0.481 e. The number of anilines is 1. The van der Waals surface area contributed by atoms with Crippen LogP contribution in [0.1, 0.15) is 6.42 Å². The number of hydrogen-bond donors (Lipinski definition) is 2. The van der Waals surface area contributed by atoms with E-state index in [1.54, 1.807) is 0 Å². The Morgan fingerprint density at radius 2 is 1.91 bits per heavy atom. The van der Waals surface area contributed by atoms with Crippen molar-refractivity contribution < 1.29 is 31.1 Å². The number of rotatable bonds is 7. The van der Waals surface area contributed by atoms with E-state index >= 15 is 0 Å². The molecule has 124 valence electrons. The van der Waals surface area contributed by atoms with E-state index in [1.165, 1.54) is 0 Å². The molecule has 0 amide bonds. The smallest absolute Gasteiger partial charge is 0.304 e. The molecule has 8 nitrogen and oxygen atoms in total. The Kier molecular flexibility index (Phi) is 5.49. The lowest BCUT2D eigenvalue weighted by Gasteiger charge is -2.17. The second-order valence-corrected chi connectivity index (χ2v) is 8.25. The van der Waals surface area contributed by atoms with E-state index in [0.29, 0.717) is 4.31 Å². The van der Waals surface area contributed by atoms with Crippen molar-refractivity contribution in [1.82, 2.24) is 4.31 Å². The second kappa shape index (κ2) is 6.58. The van der Waals surface area contributed by atoms with Crippen LogP contribution in [0.4, 0.5) is 10.1 Å². The standard InChI is InChI=1S/C11H15FN2O6S2/c1-14(6-5-11(15)16)22(19,20)10-4-3-8(7-9(10)12)13-21(2,17)18/h3-4,7,13H,5-6H2,1-2H3,(H,15,16). The molecule has 0 saturated heterocycles. The zero-order chi connectivity index (χ0) is 17.1. The highest BCUT2D eigenvalue weighted by Crippen LogP contribution is 2.22. The highest BCUT2D eigenvalue weighted by molar-refractivity contribution is 7.92. The number of nitrogens with one attached hydrogen (secondary N) is 1. The number of carbonyl (C=O) groups is 1. The summed E-state index contributed by atoms with van der Waals surface area (Å²) in [5.41, 5.74) is -0.118. The van der Waals surface area contributed by atoms with Crippen LogP contribution in [0.3, 0.4) is 0 Å². The number of halogens is 1. The van der Waals surface area contributed by atoms with Crippen LogP contribution >= 0.6 is 0 Å². The SMILES string of the molecule is CN(CCC(=O)O)S(=O)(=O)c1ccc(NS(C)(=O)=O)cc1F. The van der Waals surface area contributed by atoms with Crippen LogP contribution in [-0.2, 0) is 24.8 Å². The van der Waals surface area contributed by atoms with E-state index in [-0.39, 0.29) is 12.2 Å². The number of carboxylic acid groups (broad SMARTS) is 1. The van der Waals surface area contributed by atoms with Gasteiger partial charge in [0.05, 0.1) is 18.4 Å². The molecule has 22 heavy (non-hydrogen) atoms. The van der Waals surface area contributed by atoms with Crippen molar-refractivity contribution in [2.75, 3.05) is 24.6 Å². The normalized spacial score (nSPS) is 12.4. The fourth-order valence-electron chi connectivity index (χ4n) is 1.53. The van der Waals surface area contributed by atoms with E-state index in [0.717, 1.165) is 31.5 Å². The molecule has 1 aromatic carbocycles. The van der Waals surface area contributed by atoms with E-state index in [4.69, 9.17) is 5.11 Å². The highest BCUT2D eigenvalue weighted by atomic mass is 32.2. The van der Waals surface area contributed by atoms with E-state index < -0.39 is 43.1 Å². The van der Waals surface area contributed by atoms with Crippen LogP contribution in [0, 0.1) is 5.82 Å². The van der Waals surface area contributed by atoms with Gasteiger partial charge in [-0.25, -0.2) is 25.5 Å². The third-order valence-electron chi connectivity index (χ3n) is 2.56. The van der Waals surface area contributed by atoms with Gasteiger partial charge in [0.15, 0.2) is 0 Å². The maximum absolute atomic E-state index is 13.9. The lowest BCUT2D eigenvalue weighted by atomic mass is 10.3. The number of carboxylic acids is 1. The number of aliphatic carboxylic acids is 1. The summed E-state index contributed by atoms with van der Waals surface area (Å²) in [6, 6.07) is 2.75. The molecule has 0 unspecified atom stereocenters. The average molecular weight is 354 g/mol. The van der Waals surface area contributed by atoms with Crippen LogP contribution in [0.2, 0.25) is 0 Å². The predicted octanol–water partition coefficient (Wildman–Crippen LogP) is 0.292. The monoisotopic (exact) mass is 354 g/mol. The topological polar surface area (TPSA) is 121 Å². The van der Waals surface area contributed by atoms with Crippen molar-refractivity contribution >= 4 is 31.7 Å². The van der Waals surface area contributed by atoms with Gasteiger partial charge in [-0.15, -0.1) is 0 Å². The van der Waals surface area contributed by atoms with Gasteiger partial charge in [0.2, 0.25) is 20.0 Å². The van der Waals surface area contributed by atoms with Crippen LogP contribution in [0.25, 0.3) is 0 Å². The molecule has 0 aliphatic carbocycles. The van der Waals surface area contributed by atoms with Crippen LogP contribution in [0.5, 0.6) is 0 Å². The van der Waals surface area contributed by atoms with Gasteiger partial charge in [0.25, 0.3) is 0 Å². The molecule has 0 saturated carbocycles. The molecule has 0 atom stereocenters. The van der Waals surface area contributed by atoms with Gasteiger partial charge in [0.1, 0.15) is 10.7 Å². The molecular weight excluding hydrogens is 339 g/mol. The van der Waals surface area contributed by atoms with E-state index in [2.05, 4.69) is 0 Å². The maximum Gasteiger partial charge on any atom is 0.304 e. The summed E-state index contributed by atoms with van der Waals surface area (Å²) >= 11 is 0. The highest BCUT2D eigenvalue weighted by Gasteiger charge is 2.25. The van der Waals surface area contributed by atoms with E-state index in [1.807, 2.05) is 4.72 Å². The van der Waals surface area contributed by atoms with Crippen molar-refractivity contribution in [3.8, 4) is 0 Å². The minimum absolute atomic E-state index is 0.118. The van der Waals surface area contributed by atoms with E-state index in [9.17, 15) is 26.0 Å². The lowest BCUT2D eigenvalue weighted by molar-refractivity contribution is -0.137. The number of nitrogens with zero attached hydrogens (tertiary/aromatic N) is 1. The summed E-state index contributed by atoms with van der Waals surface area (Å²) in [7, 11) is -6.70. The molecular formula is C11H15FN2O6S2. The Hall–Kier alpha value is -1.72. The summed E-state index contributed by atoms with van der Waals surface area (Å²) < 4.78 is 63.0. The summed E-state index contributed by atoms with van der Waals surface area (Å²) in [5.74, 6) is -2.33. The number of sulfonamides is 2. The van der Waals surface area contributed by atoms with Gasteiger partial charge in [-0.2, -0.15) is 0 Å². The third-order valence-corrected chi connectivity index (χ3v) is 5.06. The molecule has 0 fully saturated rings. The van der Waals surface area contributed by atoms with Gasteiger partial charge in [-0.1, -0.05) is 0 Å². The third kappa shape index (κ3) is 4.93. The largest absolute Gasteiger partial charge is 0.481 e. The molecule has 1 rings (SSSR count).